The SMILES string of the molecule is C[C@@H](B1OC(C)(C)C(C)(C)O1)c1cccc(Oc2ccccc2)c1. The van der Waals surface area contributed by atoms with Crippen LogP contribution in [0.15, 0.2) is 54.6 Å². The van der Waals surface area contributed by atoms with Crippen molar-refractivity contribution in [3.63, 3.8) is 0 Å². The van der Waals surface area contributed by atoms with Crippen LogP contribution in [0.3, 0.4) is 0 Å². The smallest absolute Gasteiger partial charge is 0.457 e. The lowest BCUT2D eigenvalue weighted by atomic mass is 9.69. The minimum Gasteiger partial charge on any atom is -0.457 e. The molecule has 126 valence electrons. The van der Waals surface area contributed by atoms with Gasteiger partial charge < -0.3 is 14.0 Å². The lowest BCUT2D eigenvalue weighted by molar-refractivity contribution is 0.00578. The zero-order valence-corrected chi connectivity index (χ0v) is 15.1. The summed E-state index contributed by atoms with van der Waals surface area (Å²) in [5.74, 6) is 1.77. The van der Waals surface area contributed by atoms with Crippen LogP contribution in [0.4, 0.5) is 0 Å². The minimum absolute atomic E-state index is 0.116. The molecule has 0 bridgehead atoms. The fraction of sp³-hybridized carbons (Fsp3) is 0.400. The van der Waals surface area contributed by atoms with Gasteiger partial charge >= 0.3 is 7.12 Å². The lowest BCUT2D eigenvalue weighted by Crippen LogP contribution is -2.41. The van der Waals surface area contributed by atoms with E-state index in [1.165, 1.54) is 0 Å². The number of hydrogen-bond acceptors (Lipinski definition) is 3. The van der Waals surface area contributed by atoms with E-state index in [9.17, 15) is 0 Å². The first-order chi connectivity index (χ1) is 11.3. The van der Waals surface area contributed by atoms with Crippen LogP contribution >= 0.6 is 0 Å². The molecule has 3 rings (SSSR count). The Balaban J connectivity index is 1.77. The third kappa shape index (κ3) is 3.35. The second-order valence-corrected chi connectivity index (χ2v) is 7.40. The molecule has 0 N–H and O–H groups in total. The van der Waals surface area contributed by atoms with Crippen molar-refractivity contribution in [1.82, 2.24) is 0 Å². The van der Waals surface area contributed by atoms with Crippen LogP contribution < -0.4 is 4.74 Å². The molecule has 1 aliphatic heterocycles. The summed E-state index contributed by atoms with van der Waals surface area (Å²) in [6.07, 6.45) is 0. The molecular weight excluding hydrogens is 299 g/mol. The average molecular weight is 324 g/mol. The third-order valence-electron chi connectivity index (χ3n) is 5.04. The van der Waals surface area contributed by atoms with Gasteiger partial charge in [0, 0.05) is 5.82 Å². The van der Waals surface area contributed by atoms with Crippen LogP contribution in [0.2, 0.25) is 0 Å². The van der Waals surface area contributed by atoms with Crippen molar-refractivity contribution in [2.24, 2.45) is 0 Å². The summed E-state index contributed by atoms with van der Waals surface area (Å²) in [5.41, 5.74) is 0.510. The molecule has 4 heteroatoms. The number of rotatable bonds is 4. The van der Waals surface area contributed by atoms with Crippen molar-refractivity contribution in [2.45, 2.75) is 51.6 Å². The van der Waals surface area contributed by atoms with Crippen molar-refractivity contribution in [3.05, 3.63) is 60.2 Å². The van der Waals surface area contributed by atoms with Gasteiger partial charge in [-0.25, -0.2) is 0 Å². The summed E-state index contributed by atoms with van der Waals surface area (Å²) in [4.78, 5) is 0. The second-order valence-electron chi connectivity index (χ2n) is 7.40. The van der Waals surface area contributed by atoms with Crippen LogP contribution in [0.5, 0.6) is 11.5 Å². The lowest BCUT2D eigenvalue weighted by Gasteiger charge is -2.32. The third-order valence-corrected chi connectivity index (χ3v) is 5.04. The van der Waals surface area contributed by atoms with E-state index in [1.54, 1.807) is 0 Å². The molecule has 3 nitrogen and oxygen atoms in total. The van der Waals surface area contributed by atoms with Crippen LogP contribution in [0.25, 0.3) is 0 Å². The van der Waals surface area contributed by atoms with Gasteiger partial charge in [0.05, 0.1) is 11.2 Å². The normalized spacial score (nSPS) is 20.0. The molecule has 0 aliphatic carbocycles. The summed E-state index contributed by atoms with van der Waals surface area (Å²) in [6, 6.07) is 17.9. The van der Waals surface area contributed by atoms with E-state index in [4.69, 9.17) is 14.0 Å². The van der Waals surface area contributed by atoms with Gasteiger partial charge in [0.1, 0.15) is 11.5 Å². The predicted molar refractivity (Wildman–Crippen MR) is 97.5 cm³/mol. The molecule has 2 aromatic carbocycles. The Morgan fingerprint density at radius 2 is 1.42 bits per heavy atom. The van der Waals surface area contributed by atoms with E-state index >= 15 is 0 Å². The Hall–Kier alpha value is -1.78. The highest BCUT2D eigenvalue weighted by molar-refractivity contribution is 6.47. The predicted octanol–water partition coefficient (Wildman–Crippen LogP) is 5.21. The summed E-state index contributed by atoms with van der Waals surface area (Å²) >= 11 is 0. The molecule has 2 aromatic rings. The fourth-order valence-electron chi connectivity index (χ4n) is 2.74. The van der Waals surface area contributed by atoms with Crippen LogP contribution in [0, 0.1) is 0 Å². The summed E-state index contributed by atoms with van der Waals surface area (Å²) in [6.45, 7) is 10.4. The average Bonchev–Trinajstić information content (AvgIpc) is 2.76. The van der Waals surface area contributed by atoms with Gasteiger partial charge in [0.15, 0.2) is 0 Å². The van der Waals surface area contributed by atoms with E-state index in [0.717, 1.165) is 17.1 Å². The molecule has 1 fully saturated rings. The number of hydrogen-bond donors (Lipinski definition) is 0. The highest BCUT2D eigenvalue weighted by atomic mass is 16.7. The zero-order valence-electron chi connectivity index (χ0n) is 15.1. The van der Waals surface area contributed by atoms with E-state index < -0.39 is 0 Å². The fourth-order valence-corrected chi connectivity index (χ4v) is 2.74. The molecule has 24 heavy (non-hydrogen) atoms. The molecule has 1 heterocycles. The van der Waals surface area contributed by atoms with Crippen LogP contribution in [-0.2, 0) is 9.31 Å². The Morgan fingerprint density at radius 3 is 2.04 bits per heavy atom. The van der Waals surface area contributed by atoms with Gasteiger partial charge in [-0.2, -0.15) is 0 Å². The quantitative estimate of drug-likeness (QED) is 0.722. The van der Waals surface area contributed by atoms with Gasteiger partial charge in [-0.15, -0.1) is 0 Å². The molecule has 0 aromatic heterocycles. The summed E-state index contributed by atoms with van der Waals surface area (Å²) < 4.78 is 18.3. The Labute approximate surface area is 145 Å². The van der Waals surface area contributed by atoms with E-state index in [0.29, 0.717) is 0 Å². The Morgan fingerprint density at radius 1 is 0.833 bits per heavy atom. The van der Waals surface area contributed by atoms with Crippen LogP contribution in [0.1, 0.15) is 46.0 Å². The van der Waals surface area contributed by atoms with E-state index in [-0.39, 0.29) is 24.1 Å². The number of para-hydroxylation sites is 1. The van der Waals surface area contributed by atoms with Crippen molar-refractivity contribution in [2.75, 3.05) is 0 Å². The first-order valence-corrected chi connectivity index (χ1v) is 8.47. The molecule has 1 aliphatic rings. The molecule has 1 saturated heterocycles. The van der Waals surface area contributed by atoms with Gasteiger partial charge in [0.2, 0.25) is 0 Å². The van der Waals surface area contributed by atoms with E-state index in [1.807, 2.05) is 42.5 Å². The highest BCUT2D eigenvalue weighted by Crippen LogP contribution is 2.41. The monoisotopic (exact) mass is 324 g/mol. The van der Waals surface area contributed by atoms with Crippen molar-refractivity contribution in [3.8, 4) is 11.5 Å². The summed E-state index contributed by atoms with van der Waals surface area (Å²) in [7, 11) is -0.262. The van der Waals surface area contributed by atoms with Gasteiger partial charge in [-0.3, -0.25) is 0 Å². The first-order valence-electron chi connectivity index (χ1n) is 8.47. The standard InChI is InChI=1S/C20H25BO3/c1-15(21-23-19(2,3)20(4,5)24-21)16-10-9-13-18(14-16)22-17-11-7-6-8-12-17/h6-15H,1-5H3/t15-/m1/s1. The minimum atomic E-state index is -0.315. The number of benzene rings is 2. The molecule has 1 atom stereocenters. The summed E-state index contributed by atoms with van der Waals surface area (Å²) in [5, 5.41) is 0. The largest absolute Gasteiger partial charge is 0.465 e. The van der Waals surface area contributed by atoms with Crippen molar-refractivity contribution in [1.29, 1.82) is 0 Å². The van der Waals surface area contributed by atoms with Crippen molar-refractivity contribution >= 4 is 7.12 Å². The maximum atomic E-state index is 6.18. The van der Waals surface area contributed by atoms with E-state index in [2.05, 4.69) is 46.8 Å². The molecule has 0 radical (unpaired) electrons. The second kappa shape index (κ2) is 6.27. The maximum absolute atomic E-state index is 6.18. The number of ether oxygens (including phenoxy) is 1. The molecular formula is C20H25BO3. The zero-order chi connectivity index (χ0) is 17.4. The van der Waals surface area contributed by atoms with Gasteiger partial charge in [0.25, 0.3) is 0 Å². The van der Waals surface area contributed by atoms with Gasteiger partial charge in [-0.1, -0.05) is 37.3 Å². The first kappa shape index (κ1) is 17.1. The topological polar surface area (TPSA) is 27.7 Å². The van der Waals surface area contributed by atoms with Crippen LogP contribution in [-0.4, -0.2) is 18.3 Å². The molecule has 0 unspecified atom stereocenters. The molecule has 0 saturated carbocycles. The molecule has 0 amide bonds. The maximum Gasteiger partial charge on any atom is 0.465 e. The van der Waals surface area contributed by atoms with Gasteiger partial charge in [-0.05, 0) is 57.5 Å². The Kier molecular flexibility index (Phi) is 4.45. The molecule has 0 spiro atoms. The Bertz CT molecular complexity index is 681. The van der Waals surface area contributed by atoms with Crippen molar-refractivity contribution < 1.29 is 14.0 Å². The highest BCUT2D eigenvalue weighted by Gasteiger charge is 2.53.